The molecule has 2 aliphatic rings. The summed E-state index contributed by atoms with van der Waals surface area (Å²) in [5.74, 6) is 0.409. The Labute approximate surface area is 96.9 Å². The van der Waals surface area contributed by atoms with Gasteiger partial charge in [-0.15, -0.1) is 0 Å². The summed E-state index contributed by atoms with van der Waals surface area (Å²) in [7, 11) is 0. The summed E-state index contributed by atoms with van der Waals surface area (Å²) in [6.45, 7) is 4.74. The maximum absolute atomic E-state index is 9.55. The third-order valence-electron chi connectivity index (χ3n) is 4.36. The Morgan fingerprint density at radius 3 is 3.00 bits per heavy atom. The van der Waals surface area contributed by atoms with Crippen LogP contribution in [0.1, 0.15) is 37.3 Å². The molecule has 1 atom stereocenters. The van der Waals surface area contributed by atoms with E-state index < -0.39 is 0 Å². The number of hydrogen-bond donors (Lipinski definition) is 1. The van der Waals surface area contributed by atoms with Gasteiger partial charge in [0.05, 0.1) is 0 Å². The van der Waals surface area contributed by atoms with Gasteiger partial charge in [0, 0.05) is 12.1 Å². The Kier molecular flexibility index (Phi) is 2.21. The summed E-state index contributed by atoms with van der Waals surface area (Å²) in [5, 5.41) is 9.55. The van der Waals surface area contributed by atoms with Crippen LogP contribution in [0.3, 0.4) is 0 Å². The van der Waals surface area contributed by atoms with Crippen molar-refractivity contribution in [3.8, 4) is 5.75 Å². The molecule has 0 bridgehead atoms. The molecule has 0 saturated carbocycles. The molecule has 1 aromatic carbocycles. The van der Waals surface area contributed by atoms with Crippen molar-refractivity contribution < 1.29 is 5.11 Å². The van der Waals surface area contributed by atoms with E-state index in [1.165, 1.54) is 36.9 Å². The highest BCUT2D eigenvalue weighted by atomic mass is 16.3. The first-order chi connectivity index (χ1) is 7.70. The summed E-state index contributed by atoms with van der Waals surface area (Å²) in [6.07, 6.45) is 5.00. The lowest BCUT2D eigenvalue weighted by molar-refractivity contribution is 0.0492. The van der Waals surface area contributed by atoms with Gasteiger partial charge in [0.2, 0.25) is 0 Å². The highest BCUT2D eigenvalue weighted by Gasteiger charge is 2.39. The standard InChI is InChI=1S/C14H19NO/c1-14-7-2-3-8-15(14)9-6-11-10-12(16)4-5-13(11)14/h4-5,10,16H,2-3,6-9H2,1H3. The second kappa shape index (κ2) is 3.49. The van der Waals surface area contributed by atoms with Crippen molar-refractivity contribution in [2.24, 2.45) is 0 Å². The van der Waals surface area contributed by atoms with Crippen molar-refractivity contribution in [2.75, 3.05) is 13.1 Å². The first-order valence-electron chi connectivity index (χ1n) is 6.27. The van der Waals surface area contributed by atoms with Crippen LogP contribution in [0.25, 0.3) is 0 Å². The first kappa shape index (κ1) is 10.2. The molecule has 2 nitrogen and oxygen atoms in total. The molecule has 86 valence electrons. The highest BCUT2D eigenvalue weighted by Crippen LogP contribution is 2.42. The Bertz CT molecular complexity index is 415. The van der Waals surface area contributed by atoms with E-state index in [9.17, 15) is 5.11 Å². The van der Waals surface area contributed by atoms with Crippen LogP contribution in [0.2, 0.25) is 0 Å². The summed E-state index contributed by atoms with van der Waals surface area (Å²) < 4.78 is 0. The molecule has 1 unspecified atom stereocenters. The van der Waals surface area contributed by atoms with E-state index in [1.807, 2.05) is 12.1 Å². The van der Waals surface area contributed by atoms with E-state index >= 15 is 0 Å². The average molecular weight is 217 g/mol. The maximum atomic E-state index is 9.55. The first-order valence-corrected chi connectivity index (χ1v) is 6.27. The smallest absolute Gasteiger partial charge is 0.115 e. The molecule has 16 heavy (non-hydrogen) atoms. The van der Waals surface area contributed by atoms with Gasteiger partial charge in [-0.3, -0.25) is 4.90 Å². The van der Waals surface area contributed by atoms with Gasteiger partial charge in [0.25, 0.3) is 0 Å². The van der Waals surface area contributed by atoms with Crippen LogP contribution < -0.4 is 0 Å². The molecule has 2 heterocycles. The lowest BCUT2D eigenvalue weighted by Crippen LogP contribution is -2.51. The Morgan fingerprint density at radius 1 is 1.25 bits per heavy atom. The molecule has 2 heteroatoms. The Hall–Kier alpha value is -1.02. The maximum Gasteiger partial charge on any atom is 0.115 e. The van der Waals surface area contributed by atoms with Crippen LogP contribution in [-0.4, -0.2) is 23.1 Å². The number of hydrogen-bond acceptors (Lipinski definition) is 2. The van der Waals surface area contributed by atoms with Crippen LogP contribution in [0.5, 0.6) is 5.75 Å². The third kappa shape index (κ3) is 1.36. The number of rotatable bonds is 0. The summed E-state index contributed by atoms with van der Waals surface area (Å²) in [5.41, 5.74) is 3.01. The summed E-state index contributed by atoms with van der Waals surface area (Å²) in [6, 6.07) is 5.91. The van der Waals surface area contributed by atoms with E-state index in [0.29, 0.717) is 5.75 Å². The van der Waals surface area contributed by atoms with E-state index in [1.54, 1.807) is 0 Å². The molecular formula is C14H19NO. The molecule has 0 aliphatic carbocycles. The minimum absolute atomic E-state index is 0.222. The second-order valence-corrected chi connectivity index (χ2v) is 5.31. The number of nitrogens with zero attached hydrogens (tertiary/aromatic N) is 1. The van der Waals surface area contributed by atoms with Crippen molar-refractivity contribution in [2.45, 2.75) is 38.1 Å². The van der Waals surface area contributed by atoms with Gasteiger partial charge in [-0.1, -0.05) is 12.5 Å². The fourth-order valence-corrected chi connectivity index (χ4v) is 3.41. The molecule has 0 amide bonds. The van der Waals surface area contributed by atoms with E-state index in [0.717, 1.165) is 13.0 Å². The van der Waals surface area contributed by atoms with Crippen LogP contribution >= 0.6 is 0 Å². The molecule has 0 radical (unpaired) electrons. The van der Waals surface area contributed by atoms with Crippen LogP contribution in [0, 0.1) is 0 Å². The van der Waals surface area contributed by atoms with Crippen LogP contribution in [-0.2, 0) is 12.0 Å². The molecule has 1 fully saturated rings. The number of piperidine rings is 1. The number of benzene rings is 1. The number of phenolic OH excluding ortho intramolecular Hbond substituents is 1. The monoisotopic (exact) mass is 217 g/mol. The molecule has 2 aliphatic heterocycles. The van der Waals surface area contributed by atoms with Gasteiger partial charge < -0.3 is 5.11 Å². The van der Waals surface area contributed by atoms with Gasteiger partial charge in [0.1, 0.15) is 5.75 Å². The van der Waals surface area contributed by atoms with Crippen molar-refractivity contribution in [3.63, 3.8) is 0 Å². The third-order valence-corrected chi connectivity index (χ3v) is 4.36. The quantitative estimate of drug-likeness (QED) is 0.722. The van der Waals surface area contributed by atoms with Gasteiger partial charge in [-0.25, -0.2) is 0 Å². The fourth-order valence-electron chi connectivity index (χ4n) is 3.41. The molecule has 3 rings (SSSR count). The van der Waals surface area contributed by atoms with Gasteiger partial charge in [-0.2, -0.15) is 0 Å². The average Bonchev–Trinajstić information content (AvgIpc) is 2.28. The predicted octanol–water partition coefficient (Wildman–Crippen LogP) is 2.65. The topological polar surface area (TPSA) is 23.5 Å². The molecule has 1 saturated heterocycles. The molecule has 0 spiro atoms. The zero-order chi connectivity index (χ0) is 11.2. The van der Waals surface area contributed by atoms with E-state index in [2.05, 4.69) is 17.9 Å². The zero-order valence-electron chi connectivity index (χ0n) is 9.87. The van der Waals surface area contributed by atoms with Crippen molar-refractivity contribution in [1.82, 2.24) is 4.90 Å². The zero-order valence-corrected chi connectivity index (χ0v) is 9.87. The van der Waals surface area contributed by atoms with E-state index in [-0.39, 0.29) is 5.54 Å². The Morgan fingerprint density at radius 2 is 2.12 bits per heavy atom. The van der Waals surface area contributed by atoms with E-state index in [4.69, 9.17) is 0 Å². The predicted molar refractivity (Wildman–Crippen MR) is 64.6 cm³/mol. The summed E-state index contributed by atoms with van der Waals surface area (Å²) in [4.78, 5) is 2.62. The second-order valence-electron chi connectivity index (χ2n) is 5.31. The molecule has 1 N–H and O–H groups in total. The number of phenols is 1. The SMILES string of the molecule is CC12CCCCN1CCc1cc(O)ccc12. The van der Waals surface area contributed by atoms with Crippen LogP contribution in [0.4, 0.5) is 0 Å². The minimum atomic E-state index is 0.222. The van der Waals surface area contributed by atoms with Crippen molar-refractivity contribution in [3.05, 3.63) is 29.3 Å². The molecular weight excluding hydrogens is 198 g/mol. The van der Waals surface area contributed by atoms with Crippen molar-refractivity contribution >= 4 is 0 Å². The largest absolute Gasteiger partial charge is 0.508 e. The number of fused-ring (bicyclic) bond motifs is 3. The highest BCUT2D eigenvalue weighted by molar-refractivity contribution is 5.41. The lowest BCUT2D eigenvalue weighted by Gasteiger charge is -2.49. The lowest BCUT2D eigenvalue weighted by atomic mass is 9.76. The van der Waals surface area contributed by atoms with Gasteiger partial charge in [-0.05, 0) is 56.0 Å². The molecule has 1 aromatic rings. The van der Waals surface area contributed by atoms with Crippen molar-refractivity contribution in [1.29, 1.82) is 0 Å². The van der Waals surface area contributed by atoms with Gasteiger partial charge in [0.15, 0.2) is 0 Å². The minimum Gasteiger partial charge on any atom is -0.508 e. The molecule has 0 aromatic heterocycles. The van der Waals surface area contributed by atoms with Gasteiger partial charge >= 0.3 is 0 Å². The Balaban J connectivity index is 2.09. The summed E-state index contributed by atoms with van der Waals surface area (Å²) >= 11 is 0. The normalized spacial score (nSPS) is 29.6. The number of aromatic hydroxyl groups is 1. The van der Waals surface area contributed by atoms with Crippen LogP contribution in [0.15, 0.2) is 18.2 Å². The fraction of sp³-hybridized carbons (Fsp3) is 0.571.